The number of likely N-dealkylation sites (N-methyl/N-ethyl adjacent to an activating group) is 2. The minimum atomic E-state index is -0.326. The molecule has 168 valence electrons. The summed E-state index contributed by atoms with van der Waals surface area (Å²) in [7, 11) is 0. The molecule has 4 rings (SSSR count). The number of nitrogens with one attached hydrogen (secondary N) is 1. The lowest BCUT2D eigenvalue weighted by Crippen LogP contribution is -2.46. The Morgan fingerprint density at radius 1 is 0.938 bits per heavy atom. The average molecular weight is 431 g/mol. The molecule has 1 saturated heterocycles. The SMILES string of the molecule is CCN1CCN(c2ccc(N[C@H](C)C(=O)N(CC)c3cccc4ccccc34)cc2)CC1. The highest BCUT2D eigenvalue weighted by atomic mass is 16.2. The number of amides is 1. The summed E-state index contributed by atoms with van der Waals surface area (Å²) in [6.07, 6.45) is 0. The van der Waals surface area contributed by atoms with Crippen molar-refractivity contribution in [2.45, 2.75) is 26.8 Å². The van der Waals surface area contributed by atoms with Gasteiger partial charge in [0.15, 0.2) is 0 Å². The van der Waals surface area contributed by atoms with Gasteiger partial charge in [-0.15, -0.1) is 0 Å². The molecule has 1 atom stereocenters. The molecule has 3 aromatic rings. The first-order valence-electron chi connectivity index (χ1n) is 11.7. The summed E-state index contributed by atoms with van der Waals surface area (Å²) < 4.78 is 0. The maximum Gasteiger partial charge on any atom is 0.249 e. The van der Waals surface area contributed by atoms with Gasteiger partial charge >= 0.3 is 0 Å². The van der Waals surface area contributed by atoms with E-state index >= 15 is 0 Å². The Kier molecular flexibility index (Phi) is 6.96. The number of fused-ring (bicyclic) bond motifs is 1. The molecule has 0 spiro atoms. The molecule has 0 unspecified atom stereocenters. The fourth-order valence-electron chi connectivity index (χ4n) is 4.52. The quantitative estimate of drug-likeness (QED) is 0.582. The fraction of sp³-hybridized carbons (Fsp3) is 0.370. The van der Waals surface area contributed by atoms with Gasteiger partial charge in [-0.3, -0.25) is 4.79 Å². The van der Waals surface area contributed by atoms with Crippen LogP contribution in [0.1, 0.15) is 20.8 Å². The van der Waals surface area contributed by atoms with E-state index in [9.17, 15) is 4.79 Å². The lowest BCUT2D eigenvalue weighted by Gasteiger charge is -2.35. The van der Waals surface area contributed by atoms with E-state index in [1.165, 1.54) is 5.69 Å². The molecule has 0 aliphatic carbocycles. The van der Waals surface area contributed by atoms with Crippen LogP contribution in [0.3, 0.4) is 0 Å². The number of benzene rings is 3. The molecule has 5 heteroatoms. The lowest BCUT2D eigenvalue weighted by atomic mass is 10.1. The molecular formula is C27H34N4O. The Hall–Kier alpha value is -3.05. The zero-order valence-electron chi connectivity index (χ0n) is 19.4. The highest BCUT2D eigenvalue weighted by molar-refractivity contribution is 6.06. The summed E-state index contributed by atoms with van der Waals surface area (Å²) in [4.78, 5) is 20.1. The third-order valence-electron chi connectivity index (χ3n) is 6.45. The highest BCUT2D eigenvalue weighted by Crippen LogP contribution is 2.27. The Balaban J connectivity index is 1.43. The molecule has 1 N–H and O–H groups in total. The smallest absolute Gasteiger partial charge is 0.249 e. The fourth-order valence-corrected chi connectivity index (χ4v) is 4.52. The average Bonchev–Trinajstić information content (AvgIpc) is 2.85. The monoisotopic (exact) mass is 430 g/mol. The number of hydrogen-bond acceptors (Lipinski definition) is 4. The first-order chi connectivity index (χ1) is 15.6. The van der Waals surface area contributed by atoms with Crippen LogP contribution in [0.2, 0.25) is 0 Å². The van der Waals surface area contributed by atoms with Gasteiger partial charge in [-0.1, -0.05) is 43.3 Å². The summed E-state index contributed by atoms with van der Waals surface area (Å²) in [6.45, 7) is 12.3. The van der Waals surface area contributed by atoms with Crippen LogP contribution in [0.15, 0.2) is 66.7 Å². The van der Waals surface area contributed by atoms with E-state index in [0.29, 0.717) is 6.54 Å². The maximum atomic E-state index is 13.3. The predicted molar refractivity (Wildman–Crippen MR) is 136 cm³/mol. The van der Waals surface area contributed by atoms with Gasteiger partial charge in [0, 0.05) is 49.5 Å². The first kappa shape index (κ1) is 22.2. The predicted octanol–water partition coefficient (Wildman–Crippen LogP) is 4.84. The van der Waals surface area contributed by atoms with Gasteiger partial charge in [0.2, 0.25) is 5.91 Å². The molecule has 1 fully saturated rings. The van der Waals surface area contributed by atoms with Gasteiger partial charge in [0.25, 0.3) is 0 Å². The standard InChI is InChI=1S/C27H34N4O/c1-4-29-17-19-30(20-18-29)24-15-13-23(14-16-24)28-21(3)27(32)31(5-2)26-12-8-10-22-9-6-7-11-25(22)26/h6-16,21,28H,4-5,17-20H2,1-3H3/t21-/m1/s1. The van der Waals surface area contributed by atoms with Crippen molar-refractivity contribution in [3.63, 3.8) is 0 Å². The normalized spacial score (nSPS) is 15.5. The number of rotatable bonds is 7. The zero-order chi connectivity index (χ0) is 22.5. The first-order valence-corrected chi connectivity index (χ1v) is 11.7. The van der Waals surface area contributed by atoms with E-state index in [2.05, 4.69) is 64.5 Å². The van der Waals surface area contributed by atoms with Crippen molar-refractivity contribution < 1.29 is 4.79 Å². The Morgan fingerprint density at radius 3 is 2.31 bits per heavy atom. The van der Waals surface area contributed by atoms with Crippen LogP contribution in [-0.2, 0) is 4.79 Å². The molecule has 1 amide bonds. The molecule has 0 radical (unpaired) electrons. The highest BCUT2D eigenvalue weighted by Gasteiger charge is 2.22. The summed E-state index contributed by atoms with van der Waals surface area (Å²) in [5, 5.41) is 5.65. The second-order valence-corrected chi connectivity index (χ2v) is 8.41. The largest absolute Gasteiger partial charge is 0.374 e. The number of carbonyl (C=O) groups is 1. The Bertz CT molecular complexity index is 1040. The van der Waals surface area contributed by atoms with E-state index in [-0.39, 0.29) is 11.9 Å². The van der Waals surface area contributed by atoms with E-state index < -0.39 is 0 Å². The van der Waals surface area contributed by atoms with Gasteiger partial charge in [0.05, 0.1) is 5.69 Å². The van der Waals surface area contributed by atoms with Crippen LogP contribution in [0.4, 0.5) is 17.1 Å². The lowest BCUT2D eigenvalue weighted by molar-refractivity contribution is -0.118. The van der Waals surface area contributed by atoms with Crippen molar-refractivity contribution in [3.05, 3.63) is 66.7 Å². The number of nitrogens with zero attached hydrogens (tertiary/aromatic N) is 3. The zero-order valence-corrected chi connectivity index (χ0v) is 19.4. The van der Waals surface area contributed by atoms with Crippen molar-refractivity contribution in [2.75, 3.05) is 54.4 Å². The van der Waals surface area contributed by atoms with Crippen molar-refractivity contribution in [2.24, 2.45) is 0 Å². The number of hydrogen-bond donors (Lipinski definition) is 1. The number of carbonyl (C=O) groups excluding carboxylic acids is 1. The van der Waals surface area contributed by atoms with Crippen LogP contribution in [-0.4, -0.2) is 56.1 Å². The van der Waals surface area contributed by atoms with Crippen molar-refractivity contribution in [1.29, 1.82) is 0 Å². The molecule has 5 nitrogen and oxygen atoms in total. The number of anilines is 3. The molecule has 1 aliphatic heterocycles. The molecule has 0 saturated carbocycles. The second kappa shape index (κ2) is 10.0. The summed E-state index contributed by atoms with van der Waals surface area (Å²) in [5.74, 6) is 0.0728. The van der Waals surface area contributed by atoms with E-state index in [1.54, 1.807) is 0 Å². The molecule has 3 aromatic carbocycles. The van der Waals surface area contributed by atoms with E-state index in [1.807, 2.05) is 43.0 Å². The van der Waals surface area contributed by atoms with Gasteiger partial charge in [-0.2, -0.15) is 0 Å². The topological polar surface area (TPSA) is 38.8 Å². The van der Waals surface area contributed by atoms with Gasteiger partial charge in [0.1, 0.15) is 6.04 Å². The van der Waals surface area contributed by atoms with Gasteiger partial charge in [-0.05, 0) is 56.1 Å². The maximum absolute atomic E-state index is 13.3. The van der Waals surface area contributed by atoms with Crippen molar-refractivity contribution >= 4 is 33.7 Å². The Morgan fingerprint density at radius 2 is 1.62 bits per heavy atom. The van der Waals surface area contributed by atoms with Crippen molar-refractivity contribution in [3.8, 4) is 0 Å². The van der Waals surface area contributed by atoms with Crippen molar-refractivity contribution in [1.82, 2.24) is 4.90 Å². The summed E-state index contributed by atoms with van der Waals surface area (Å²) in [6, 6.07) is 22.5. The summed E-state index contributed by atoms with van der Waals surface area (Å²) in [5.41, 5.74) is 3.18. The number of piperazine rings is 1. The molecular weight excluding hydrogens is 396 g/mol. The van der Waals surface area contributed by atoms with Crippen LogP contribution >= 0.6 is 0 Å². The van der Waals surface area contributed by atoms with Crippen LogP contribution in [0, 0.1) is 0 Å². The van der Waals surface area contributed by atoms with Crippen LogP contribution < -0.4 is 15.1 Å². The van der Waals surface area contributed by atoms with E-state index in [0.717, 1.165) is 54.9 Å². The second-order valence-electron chi connectivity index (χ2n) is 8.41. The molecule has 1 heterocycles. The van der Waals surface area contributed by atoms with Crippen LogP contribution in [0.25, 0.3) is 10.8 Å². The van der Waals surface area contributed by atoms with E-state index in [4.69, 9.17) is 0 Å². The Labute approximate surface area is 191 Å². The molecule has 0 aromatic heterocycles. The minimum absolute atomic E-state index is 0.0728. The van der Waals surface area contributed by atoms with Crippen LogP contribution in [0.5, 0.6) is 0 Å². The third-order valence-corrected chi connectivity index (χ3v) is 6.45. The molecule has 0 bridgehead atoms. The summed E-state index contributed by atoms with van der Waals surface area (Å²) >= 11 is 0. The molecule has 32 heavy (non-hydrogen) atoms. The minimum Gasteiger partial charge on any atom is -0.374 e. The van der Waals surface area contributed by atoms with Gasteiger partial charge < -0.3 is 20.0 Å². The van der Waals surface area contributed by atoms with Gasteiger partial charge in [-0.25, -0.2) is 0 Å². The molecule has 1 aliphatic rings. The third kappa shape index (κ3) is 4.73.